The third kappa shape index (κ3) is 2.42. The van der Waals surface area contributed by atoms with E-state index in [0.717, 1.165) is 23.5 Å². The minimum atomic E-state index is -0.875. The Morgan fingerprint density at radius 3 is 2.92 bits per heavy atom. The minimum Gasteiger partial charge on any atom is -0.481 e. The van der Waals surface area contributed by atoms with Crippen molar-refractivity contribution in [1.29, 1.82) is 0 Å². The van der Waals surface area contributed by atoms with Gasteiger partial charge in [0.1, 0.15) is 0 Å². The molecule has 0 saturated carbocycles. The van der Waals surface area contributed by atoms with Crippen LogP contribution in [-0.2, 0) is 17.8 Å². The molecule has 1 aromatic heterocycles. The lowest BCUT2D eigenvalue weighted by Gasteiger charge is -2.02. The van der Waals surface area contributed by atoms with Crippen molar-refractivity contribution in [2.45, 2.75) is 26.3 Å². The standard InChI is InChI=1S/C8H11NO3S/c1-2-6-5-13-8(12)9(6)4-3-7(10)11/h5H,2-4H2,1H3,(H,10,11). The minimum absolute atomic E-state index is 0.00361. The number of carboxylic acid groups (broad SMARTS) is 1. The Kier molecular flexibility index (Phi) is 3.25. The van der Waals surface area contributed by atoms with Crippen molar-refractivity contribution in [1.82, 2.24) is 4.57 Å². The number of hydrogen-bond donors (Lipinski definition) is 1. The zero-order valence-corrected chi connectivity index (χ0v) is 8.13. The molecule has 0 aromatic carbocycles. The van der Waals surface area contributed by atoms with Gasteiger partial charge >= 0.3 is 10.8 Å². The Bertz CT molecular complexity index is 353. The topological polar surface area (TPSA) is 59.3 Å². The highest BCUT2D eigenvalue weighted by atomic mass is 32.1. The van der Waals surface area contributed by atoms with Crippen LogP contribution < -0.4 is 4.87 Å². The van der Waals surface area contributed by atoms with Crippen molar-refractivity contribution >= 4 is 17.3 Å². The molecule has 0 spiro atoms. The molecule has 1 rings (SSSR count). The van der Waals surface area contributed by atoms with E-state index in [2.05, 4.69) is 0 Å². The Morgan fingerprint density at radius 2 is 2.38 bits per heavy atom. The summed E-state index contributed by atoms with van der Waals surface area (Å²) in [6.07, 6.45) is 0.766. The van der Waals surface area contributed by atoms with E-state index < -0.39 is 5.97 Å². The molecule has 72 valence electrons. The first-order valence-corrected chi connectivity index (χ1v) is 4.92. The number of carbonyl (C=O) groups is 1. The van der Waals surface area contributed by atoms with Gasteiger partial charge in [0.15, 0.2) is 0 Å². The van der Waals surface area contributed by atoms with Gasteiger partial charge in [0, 0.05) is 17.6 Å². The van der Waals surface area contributed by atoms with Gasteiger partial charge in [0.05, 0.1) is 6.42 Å². The normalized spacial score (nSPS) is 10.2. The fraction of sp³-hybridized carbons (Fsp3) is 0.500. The van der Waals surface area contributed by atoms with E-state index in [1.54, 1.807) is 5.38 Å². The zero-order chi connectivity index (χ0) is 9.84. The van der Waals surface area contributed by atoms with Crippen LogP contribution in [0, 0.1) is 0 Å². The van der Waals surface area contributed by atoms with E-state index in [1.165, 1.54) is 4.57 Å². The molecule has 1 heterocycles. The summed E-state index contributed by atoms with van der Waals surface area (Å²) in [5, 5.41) is 10.2. The predicted molar refractivity (Wildman–Crippen MR) is 50.2 cm³/mol. The van der Waals surface area contributed by atoms with Gasteiger partial charge in [-0.1, -0.05) is 18.3 Å². The van der Waals surface area contributed by atoms with Crippen molar-refractivity contribution in [2.75, 3.05) is 0 Å². The molecule has 0 aliphatic heterocycles. The lowest BCUT2D eigenvalue weighted by Crippen LogP contribution is -2.17. The first kappa shape index (κ1) is 9.98. The summed E-state index contributed by atoms with van der Waals surface area (Å²) in [6, 6.07) is 0. The molecule has 1 N–H and O–H groups in total. The Labute approximate surface area is 79.4 Å². The van der Waals surface area contributed by atoms with Crippen LogP contribution in [0.2, 0.25) is 0 Å². The van der Waals surface area contributed by atoms with E-state index in [9.17, 15) is 9.59 Å². The van der Waals surface area contributed by atoms with Crippen molar-refractivity contribution in [3.63, 3.8) is 0 Å². The molecule has 0 aliphatic carbocycles. The van der Waals surface area contributed by atoms with Crippen molar-refractivity contribution in [3.05, 3.63) is 20.7 Å². The van der Waals surface area contributed by atoms with E-state index in [-0.39, 0.29) is 17.8 Å². The van der Waals surface area contributed by atoms with E-state index >= 15 is 0 Å². The van der Waals surface area contributed by atoms with Gasteiger partial charge in [-0.2, -0.15) is 0 Å². The maximum atomic E-state index is 11.2. The quantitative estimate of drug-likeness (QED) is 0.788. The Balaban J connectivity index is 2.79. The third-order valence-corrected chi connectivity index (χ3v) is 2.59. The fourth-order valence-corrected chi connectivity index (χ4v) is 1.95. The van der Waals surface area contributed by atoms with E-state index in [0.29, 0.717) is 0 Å². The van der Waals surface area contributed by atoms with Crippen LogP contribution in [0.5, 0.6) is 0 Å². The lowest BCUT2D eigenvalue weighted by atomic mass is 10.3. The summed E-state index contributed by atoms with van der Waals surface area (Å²) in [4.78, 5) is 21.4. The van der Waals surface area contributed by atoms with Crippen LogP contribution in [0.25, 0.3) is 0 Å². The number of hydrogen-bond acceptors (Lipinski definition) is 3. The highest BCUT2D eigenvalue weighted by Gasteiger charge is 2.06. The van der Waals surface area contributed by atoms with Gasteiger partial charge in [0.2, 0.25) is 0 Å². The second kappa shape index (κ2) is 4.23. The maximum absolute atomic E-state index is 11.2. The summed E-state index contributed by atoms with van der Waals surface area (Å²) in [6.45, 7) is 2.22. The lowest BCUT2D eigenvalue weighted by molar-refractivity contribution is -0.137. The first-order valence-electron chi connectivity index (χ1n) is 4.04. The van der Waals surface area contributed by atoms with Crippen LogP contribution in [0.1, 0.15) is 19.0 Å². The molecule has 1 aromatic rings. The molecule has 5 heteroatoms. The van der Waals surface area contributed by atoms with Crippen LogP contribution in [0.4, 0.5) is 0 Å². The number of nitrogens with zero attached hydrogens (tertiary/aromatic N) is 1. The van der Waals surface area contributed by atoms with Crippen molar-refractivity contribution in [3.8, 4) is 0 Å². The summed E-state index contributed by atoms with van der Waals surface area (Å²) >= 11 is 1.12. The van der Waals surface area contributed by atoms with Gasteiger partial charge in [0.25, 0.3) is 0 Å². The monoisotopic (exact) mass is 201 g/mol. The molecule has 13 heavy (non-hydrogen) atoms. The highest BCUT2D eigenvalue weighted by Crippen LogP contribution is 2.03. The zero-order valence-electron chi connectivity index (χ0n) is 7.32. The number of aliphatic carboxylic acids is 1. The molecule has 0 aliphatic rings. The van der Waals surface area contributed by atoms with Crippen LogP contribution in [0.15, 0.2) is 10.2 Å². The number of rotatable bonds is 4. The molecule has 0 fully saturated rings. The summed E-state index contributed by atoms with van der Waals surface area (Å²) < 4.78 is 1.53. The molecule has 0 bridgehead atoms. The van der Waals surface area contributed by atoms with Crippen LogP contribution in [-0.4, -0.2) is 15.6 Å². The summed E-state index contributed by atoms with van der Waals surface area (Å²) in [5.41, 5.74) is 0.913. The molecule has 0 amide bonds. The smallest absolute Gasteiger partial charge is 0.307 e. The van der Waals surface area contributed by atoms with Gasteiger partial charge < -0.3 is 9.67 Å². The first-order chi connectivity index (χ1) is 6.15. The Hall–Kier alpha value is -1.10. The predicted octanol–water partition coefficient (Wildman–Crippen LogP) is 0.947. The van der Waals surface area contributed by atoms with E-state index in [1.807, 2.05) is 6.92 Å². The van der Waals surface area contributed by atoms with Gasteiger partial charge in [-0.25, -0.2) is 0 Å². The van der Waals surface area contributed by atoms with E-state index in [4.69, 9.17) is 5.11 Å². The SMILES string of the molecule is CCc1csc(=O)n1CCC(=O)O. The Morgan fingerprint density at radius 1 is 1.69 bits per heavy atom. The summed E-state index contributed by atoms with van der Waals surface area (Å²) in [7, 11) is 0. The molecule has 0 unspecified atom stereocenters. The molecule has 0 radical (unpaired) electrons. The molecule has 4 nitrogen and oxygen atoms in total. The van der Waals surface area contributed by atoms with Gasteiger partial charge in [-0.05, 0) is 6.42 Å². The summed E-state index contributed by atoms with van der Waals surface area (Å²) in [5.74, 6) is -0.875. The molecule has 0 saturated heterocycles. The van der Waals surface area contributed by atoms with Gasteiger partial charge in [-0.15, -0.1) is 0 Å². The average Bonchev–Trinajstić information content (AvgIpc) is 2.43. The van der Waals surface area contributed by atoms with Crippen molar-refractivity contribution in [2.24, 2.45) is 0 Å². The van der Waals surface area contributed by atoms with Gasteiger partial charge in [-0.3, -0.25) is 9.59 Å². The average molecular weight is 201 g/mol. The second-order valence-electron chi connectivity index (χ2n) is 2.64. The van der Waals surface area contributed by atoms with Crippen molar-refractivity contribution < 1.29 is 9.90 Å². The largest absolute Gasteiger partial charge is 0.481 e. The number of thiazole rings is 1. The third-order valence-electron chi connectivity index (χ3n) is 1.77. The molecular weight excluding hydrogens is 190 g/mol. The molecule has 0 atom stereocenters. The number of aryl methyl sites for hydroxylation is 1. The number of aromatic nitrogens is 1. The second-order valence-corrected chi connectivity index (χ2v) is 3.46. The fourth-order valence-electron chi connectivity index (χ4n) is 1.08. The maximum Gasteiger partial charge on any atom is 0.307 e. The number of carboxylic acids is 1. The highest BCUT2D eigenvalue weighted by molar-refractivity contribution is 7.07. The van der Waals surface area contributed by atoms with Crippen LogP contribution in [0.3, 0.4) is 0 Å². The van der Waals surface area contributed by atoms with Crippen LogP contribution >= 0.6 is 11.3 Å². The molecular formula is C8H11NO3S.